The van der Waals surface area contributed by atoms with Crippen molar-refractivity contribution in [2.45, 2.75) is 58.2 Å². The van der Waals surface area contributed by atoms with Crippen molar-refractivity contribution in [2.24, 2.45) is 10.8 Å². The van der Waals surface area contributed by atoms with E-state index in [-0.39, 0.29) is 28.4 Å². The number of phenols is 1. The van der Waals surface area contributed by atoms with Gasteiger partial charge in [-0.25, -0.2) is 14.4 Å². The van der Waals surface area contributed by atoms with Gasteiger partial charge in [0.15, 0.2) is 16.6 Å². The molecule has 5 rings (SSSR count). The highest BCUT2D eigenvalue weighted by molar-refractivity contribution is 7.10. The van der Waals surface area contributed by atoms with E-state index in [1.165, 1.54) is 11.3 Å². The average Bonchev–Trinajstić information content (AvgIpc) is 3.30. The number of benzene rings is 1. The first-order valence-electron chi connectivity index (χ1n) is 11.5. The highest BCUT2D eigenvalue weighted by atomic mass is 32.1. The van der Waals surface area contributed by atoms with Gasteiger partial charge in [-0.2, -0.15) is 5.26 Å². The summed E-state index contributed by atoms with van der Waals surface area (Å²) in [6.45, 7) is 4.37. The summed E-state index contributed by atoms with van der Waals surface area (Å²) in [6.07, 6.45) is 5.53. The Kier molecular flexibility index (Phi) is 5.52. The molecule has 2 heterocycles. The SMILES string of the molecule is CN(c1cnc(-c2ccc(-c3csc(C#N)n3)cc2O)nn1)[C@@H]1C[C@@]2(C)CCC[C@](C)(C2)[C@@H]1F. The maximum Gasteiger partial charge on any atom is 0.194 e. The first-order chi connectivity index (χ1) is 16.2. The van der Waals surface area contributed by atoms with Crippen molar-refractivity contribution in [3.05, 3.63) is 34.8 Å². The molecule has 9 heteroatoms. The van der Waals surface area contributed by atoms with Gasteiger partial charge in [0.2, 0.25) is 0 Å². The number of hydrogen-bond acceptors (Lipinski definition) is 8. The smallest absolute Gasteiger partial charge is 0.194 e. The van der Waals surface area contributed by atoms with Crippen LogP contribution in [0.25, 0.3) is 22.6 Å². The van der Waals surface area contributed by atoms with Crippen LogP contribution in [0.15, 0.2) is 29.8 Å². The predicted octanol–water partition coefficient (Wildman–Crippen LogP) is 5.37. The number of rotatable bonds is 4. The molecular formula is C25H27FN6OS. The Bertz CT molecular complexity index is 1260. The van der Waals surface area contributed by atoms with E-state index in [1.54, 1.807) is 29.8 Å². The lowest BCUT2D eigenvalue weighted by atomic mass is 9.54. The van der Waals surface area contributed by atoms with E-state index in [0.717, 1.165) is 32.1 Å². The number of hydrogen-bond donors (Lipinski definition) is 1. The number of aromatic hydroxyl groups is 1. The summed E-state index contributed by atoms with van der Waals surface area (Å²) in [4.78, 5) is 10.5. The molecule has 34 heavy (non-hydrogen) atoms. The Morgan fingerprint density at radius 3 is 2.76 bits per heavy atom. The molecule has 2 aromatic heterocycles. The number of alkyl halides is 1. The van der Waals surface area contributed by atoms with E-state index < -0.39 is 6.17 Å². The maximum absolute atomic E-state index is 15.6. The Morgan fingerprint density at radius 1 is 1.26 bits per heavy atom. The van der Waals surface area contributed by atoms with E-state index >= 15 is 4.39 Å². The lowest BCUT2D eigenvalue weighted by Gasteiger charge is -2.55. The zero-order chi connectivity index (χ0) is 24.1. The molecule has 0 amide bonds. The highest BCUT2D eigenvalue weighted by Gasteiger charge is 2.54. The number of thiazole rings is 1. The third-order valence-corrected chi connectivity index (χ3v) is 8.35. The summed E-state index contributed by atoms with van der Waals surface area (Å²) in [5.41, 5.74) is 1.61. The number of anilines is 1. The molecule has 0 spiro atoms. The van der Waals surface area contributed by atoms with Crippen LogP contribution >= 0.6 is 11.3 Å². The summed E-state index contributed by atoms with van der Waals surface area (Å²) in [5, 5.41) is 30.3. The van der Waals surface area contributed by atoms with E-state index in [1.807, 2.05) is 18.0 Å². The number of halogens is 1. The lowest BCUT2D eigenvalue weighted by Crippen LogP contribution is -2.57. The van der Waals surface area contributed by atoms with Crippen LogP contribution in [-0.2, 0) is 0 Å². The molecule has 2 aliphatic rings. The summed E-state index contributed by atoms with van der Waals surface area (Å²) < 4.78 is 15.6. The summed E-state index contributed by atoms with van der Waals surface area (Å²) in [7, 11) is 1.87. The molecule has 0 aliphatic heterocycles. The molecule has 176 valence electrons. The summed E-state index contributed by atoms with van der Waals surface area (Å²) in [6, 6.07) is 6.82. The third-order valence-electron chi connectivity index (χ3n) is 7.61. The van der Waals surface area contributed by atoms with Crippen LogP contribution in [0, 0.1) is 22.2 Å². The van der Waals surface area contributed by atoms with E-state index in [2.05, 4.69) is 34.0 Å². The Morgan fingerprint density at radius 2 is 2.09 bits per heavy atom. The average molecular weight is 479 g/mol. The molecule has 0 saturated heterocycles. The molecule has 3 aromatic rings. The Labute approximate surface area is 202 Å². The zero-order valence-corrected chi connectivity index (χ0v) is 20.3. The Hall–Kier alpha value is -3.12. The van der Waals surface area contributed by atoms with E-state index in [9.17, 15) is 5.11 Å². The van der Waals surface area contributed by atoms with Gasteiger partial charge in [0.1, 0.15) is 18.0 Å². The fourth-order valence-electron chi connectivity index (χ4n) is 5.95. The number of nitriles is 1. The van der Waals surface area contributed by atoms with Crippen molar-refractivity contribution in [3.63, 3.8) is 0 Å². The lowest BCUT2D eigenvalue weighted by molar-refractivity contribution is -0.0540. The third kappa shape index (κ3) is 3.90. The molecule has 2 aliphatic carbocycles. The summed E-state index contributed by atoms with van der Waals surface area (Å²) in [5.74, 6) is 0.802. The quantitative estimate of drug-likeness (QED) is 0.538. The predicted molar refractivity (Wildman–Crippen MR) is 129 cm³/mol. The molecule has 7 nitrogen and oxygen atoms in total. The van der Waals surface area contributed by atoms with Gasteiger partial charge in [0, 0.05) is 23.4 Å². The van der Waals surface area contributed by atoms with Crippen LogP contribution in [0.4, 0.5) is 10.2 Å². The second-order valence-corrected chi connectivity index (χ2v) is 11.2. The minimum atomic E-state index is -0.934. The van der Waals surface area contributed by atoms with Crippen LogP contribution in [0.1, 0.15) is 51.0 Å². The van der Waals surface area contributed by atoms with Crippen molar-refractivity contribution in [2.75, 3.05) is 11.9 Å². The van der Waals surface area contributed by atoms with Crippen molar-refractivity contribution >= 4 is 17.2 Å². The van der Waals surface area contributed by atoms with Crippen molar-refractivity contribution < 1.29 is 9.50 Å². The van der Waals surface area contributed by atoms with Gasteiger partial charge in [-0.15, -0.1) is 21.5 Å². The number of fused-ring (bicyclic) bond motifs is 2. The van der Waals surface area contributed by atoms with Gasteiger partial charge in [-0.1, -0.05) is 26.3 Å². The van der Waals surface area contributed by atoms with Gasteiger partial charge in [0.05, 0.1) is 23.5 Å². The fraction of sp³-hybridized carbons (Fsp3) is 0.480. The van der Waals surface area contributed by atoms with Crippen LogP contribution in [0.5, 0.6) is 5.75 Å². The number of nitrogens with zero attached hydrogens (tertiary/aromatic N) is 6. The largest absolute Gasteiger partial charge is 0.507 e. The van der Waals surface area contributed by atoms with E-state index in [4.69, 9.17) is 5.26 Å². The Balaban J connectivity index is 1.37. The second-order valence-electron chi connectivity index (χ2n) is 10.3. The fourth-order valence-corrected chi connectivity index (χ4v) is 6.56. The first-order valence-corrected chi connectivity index (χ1v) is 12.4. The maximum atomic E-state index is 15.6. The molecular weight excluding hydrogens is 451 g/mol. The van der Waals surface area contributed by atoms with Gasteiger partial charge in [-0.3, -0.25) is 0 Å². The normalized spacial score (nSPS) is 28.3. The van der Waals surface area contributed by atoms with Crippen LogP contribution in [-0.4, -0.2) is 44.5 Å². The topological polar surface area (TPSA) is 98.8 Å². The van der Waals surface area contributed by atoms with Gasteiger partial charge in [0.25, 0.3) is 0 Å². The second kappa shape index (κ2) is 8.27. The number of aromatic nitrogens is 4. The molecule has 1 N–H and O–H groups in total. The first kappa shape index (κ1) is 22.7. The summed E-state index contributed by atoms with van der Waals surface area (Å²) >= 11 is 1.25. The van der Waals surface area contributed by atoms with E-state index in [0.29, 0.717) is 27.6 Å². The number of phenolic OH excluding ortho intramolecular Hbond substituents is 1. The van der Waals surface area contributed by atoms with Crippen molar-refractivity contribution in [3.8, 4) is 34.5 Å². The van der Waals surface area contributed by atoms with Gasteiger partial charge >= 0.3 is 0 Å². The zero-order valence-electron chi connectivity index (χ0n) is 19.5. The molecule has 2 bridgehead atoms. The molecule has 2 saturated carbocycles. The molecule has 4 atom stereocenters. The molecule has 0 radical (unpaired) electrons. The van der Waals surface area contributed by atoms with Crippen LogP contribution in [0.3, 0.4) is 0 Å². The minimum Gasteiger partial charge on any atom is -0.507 e. The molecule has 2 fully saturated rings. The monoisotopic (exact) mass is 478 g/mol. The standard InChI is InChI=1S/C25H27FN6OS/c1-24-7-4-8-25(2,14-24)22(26)18(10-24)32(3)20-12-28-23(31-30-20)16-6-5-15(9-19(16)33)17-13-34-21(11-27)29-17/h5-6,9,12-13,18,22,33H,4,7-8,10,14H2,1-3H3/t18-,22-,24-,25-/m1/s1. The van der Waals surface area contributed by atoms with Gasteiger partial charge < -0.3 is 10.0 Å². The van der Waals surface area contributed by atoms with Crippen LogP contribution in [0.2, 0.25) is 0 Å². The van der Waals surface area contributed by atoms with Gasteiger partial charge in [-0.05, 0) is 43.2 Å². The molecule has 1 aromatic carbocycles. The minimum absolute atomic E-state index is 0.00307. The molecule has 0 unspecified atom stereocenters. The van der Waals surface area contributed by atoms with Crippen molar-refractivity contribution in [1.82, 2.24) is 20.2 Å². The van der Waals surface area contributed by atoms with Crippen LogP contribution < -0.4 is 4.90 Å². The van der Waals surface area contributed by atoms with Crippen molar-refractivity contribution in [1.29, 1.82) is 5.26 Å². The highest BCUT2D eigenvalue weighted by Crippen LogP contribution is 2.57.